The normalized spacial score (nSPS) is 15.6. The number of aromatic nitrogens is 3. The van der Waals surface area contributed by atoms with Crippen LogP contribution < -0.4 is 14.8 Å². The fraction of sp³-hybridized carbons (Fsp3) is 0.500. The highest BCUT2D eigenvalue weighted by Crippen LogP contribution is 2.39. The van der Waals surface area contributed by atoms with E-state index in [4.69, 9.17) is 14.6 Å². The Balaban J connectivity index is 2.03. The first-order chi connectivity index (χ1) is 14.5. The van der Waals surface area contributed by atoms with E-state index < -0.39 is 0 Å². The van der Waals surface area contributed by atoms with Crippen molar-refractivity contribution in [1.29, 1.82) is 0 Å². The number of hydrogen-bond donors (Lipinski definition) is 1. The summed E-state index contributed by atoms with van der Waals surface area (Å²) in [7, 11) is 1.63. The molecule has 1 aliphatic rings. The zero-order chi connectivity index (χ0) is 21.7. The van der Waals surface area contributed by atoms with Crippen molar-refractivity contribution in [3.05, 3.63) is 35.0 Å². The van der Waals surface area contributed by atoms with Gasteiger partial charge in [0.05, 0.1) is 13.7 Å². The molecule has 0 radical (unpaired) electrons. The van der Waals surface area contributed by atoms with Crippen LogP contribution in [0.4, 0.5) is 5.95 Å². The molecular formula is C22H30N4O3S. The average molecular weight is 431 g/mol. The monoisotopic (exact) mass is 430 g/mol. The average Bonchev–Trinajstić information content (AvgIpc) is 3.13. The molecule has 0 amide bonds. The lowest BCUT2D eigenvalue weighted by molar-refractivity contribution is -0.114. The summed E-state index contributed by atoms with van der Waals surface area (Å²) < 4.78 is 13.3. The van der Waals surface area contributed by atoms with Crippen molar-refractivity contribution in [2.24, 2.45) is 0 Å². The maximum Gasteiger partial charge on any atom is 0.227 e. The third-order valence-electron chi connectivity index (χ3n) is 4.91. The molecule has 3 rings (SSSR count). The molecule has 0 saturated carbocycles. The van der Waals surface area contributed by atoms with Gasteiger partial charge in [-0.05, 0) is 44.4 Å². The topological polar surface area (TPSA) is 78.3 Å². The predicted molar refractivity (Wildman–Crippen MR) is 120 cm³/mol. The van der Waals surface area contributed by atoms with Crippen LogP contribution in [0.1, 0.15) is 58.6 Å². The van der Waals surface area contributed by atoms with Gasteiger partial charge in [-0.2, -0.15) is 4.98 Å². The Labute approximate surface area is 182 Å². The minimum Gasteiger partial charge on any atom is -0.493 e. The van der Waals surface area contributed by atoms with Crippen molar-refractivity contribution in [2.45, 2.75) is 58.2 Å². The predicted octanol–water partition coefficient (Wildman–Crippen LogP) is 4.85. The third-order valence-corrected chi connectivity index (χ3v) is 5.95. The van der Waals surface area contributed by atoms with Crippen LogP contribution in [0.15, 0.2) is 34.6 Å². The standard InChI is InChI=1S/C22H30N4O3S/c1-6-8-11-29-17-10-9-16(13-18(17)28-5)20-19(15(4)27)14(3)23-21-24-22(25-26(20)21)30-12-7-2/h9-10,13,20H,6-8,11-12H2,1-5H3,(H,23,24,25). The van der Waals surface area contributed by atoms with E-state index in [2.05, 4.69) is 24.1 Å². The van der Waals surface area contributed by atoms with E-state index in [1.165, 1.54) is 0 Å². The maximum atomic E-state index is 12.6. The summed E-state index contributed by atoms with van der Waals surface area (Å²) in [6, 6.07) is 5.43. The van der Waals surface area contributed by atoms with Crippen LogP contribution in [0.2, 0.25) is 0 Å². The fourth-order valence-corrected chi connectivity index (χ4v) is 4.13. The molecule has 1 aliphatic heterocycles. The first kappa shape index (κ1) is 22.2. The van der Waals surface area contributed by atoms with Crippen LogP contribution in [0.25, 0.3) is 0 Å². The van der Waals surface area contributed by atoms with Gasteiger partial charge in [0.2, 0.25) is 11.1 Å². The van der Waals surface area contributed by atoms with E-state index in [0.29, 0.717) is 34.8 Å². The van der Waals surface area contributed by atoms with Crippen LogP contribution in [-0.4, -0.2) is 40.0 Å². The van der Waals surface area contributed by atoms with Gasteiger partial charge in [-0.15, -0.1) is 5.10 Å². The van der Waals surface area contributed by atoms with Crippen LogP contribution in [0.5, 0.6) is 11.5 Å². The fourth-order valence-electron chi connectivity index (χ4n) is 3.45. The molecule has 0 fully saturated rings. The van der Waals surface area contributed by atoms with E-state index in [1.807, 2.05) is 25.1 Å². The number of ether oxygens (including phenoxy) is 2. The van der Waals surface area contributed by atoms with Crippen LogP contribution in [-0.2, 0) is 4.79 Å². The summed E-state index contributed by atoms with van der Waals surface area (Å²) in [6.07, 6.45) is 3.09. The largest absolute Gasteiger partial charge is 0.493 e. The number of Topliss-reactive ketones (excluding diaryl/α,β-unsaturated/α-hetero) is 1. The second kappa shape index (κ2) is 10.0. The highest BCUT2D eigenvalue weighted by Gasteiger charge is 2.33. The van der Waals surface area contributed by atoms with Gasteiger partial charge in [0.15, 0.2) is 17.3 Å². The number of allylic oxidation sites excluding steroid dienone is 2. The summed E-state index contributed by atoms with van der Waals surface area (Å²) in [4.78, 5) is 17.2. The molecule has 0 spiro atoms. The molecule has 1 aromatic heterocycles. The maximum absolute atomic E-state index is 12.6. The van der Waals surface area contributed by atoms with Crippen LogP contribution in [0.3, 0.4) is 0 Å². The van der Waals surface area contributed by atoms with E-state index >= 15 is 0 Å². The Hall–Kier alpha value is -2.48. The number of methoxy groups -OCH3 is 1. The molecule has 7 nitrogen and oxygen atoms in total. The van der Waals surface area contributed by atoms with Crippen molar-refractivity contribution in [2.75, 3.05) is 24.8 Å². The Morgan fingerprint density at radius 2 is 2.07 bits per heavy atom. The second-order valence-corrected chi connectivity index (χ2v) is 8.31. The van der Waals surface area contributed by atoms with E-state index in [9.17, 15) is 4.79 Å². The van der Waals surface area contributed by atoms with Crippen molar-refractivity contribution >= 4 is 23.5 Å². The Morgan fingerprint density at radius 1 is 1.27 bits per heavy atom. The van der Waals surface area contributed by atoms with Crippen molar-refractivity contribution in [3.8, 4) is 11.5 Å². The SMILES string of the molecule is CCCCOc1ccc(C2C(C(C)=O)=C(C)Nc3nc(SCCC)nn32)cc1OC. The summed E-state index contributed by atoms with van der Waals surface area (Å²) in [5.74, 6) is 2.92. The number of thioether (sulfide) groups is 1. The van der Waals surface area contributed by atoms with Crippen molar-refractivity contribution in [1.82, 2.24) is 14.8 Å². The van der Waals surface area contributed by atoms with Gasteiger partial charge in [0.1, 0.15) is 6.04 Å². The molecule has 1 unspecified atom stereocenters. The molecule has 1 atom stereocenters. The first-order valence-electron chi connectivity index (χ1n) is 10.4. The summed E-state index contributed by atoms with van der Waals surface area (Å²) in [6.45, 7) is 8.38. The zero-order valence-electron chi connectivity index (χ0n) is 18.3. The third kappa shape index (κ3) is 4.64. The van der Waals surface area contributed by atoms with Gasteiger partial charge in [-0.1, -0.05) is 38.1 Å². The number of rotatable bonds is 10. The highest BCUT2D eigenvalue weighted by molar-refractivity contribution is 7.99. The van der Waals surface area contributed by atoms with Gasteiger partial charge in [0, 0.05) is 17.0 Å². The lowest BCUT2D eigenvalue weighted by Gasteiger charge is -2.28. The summed E-state index contributed by atoms with van der Waals surface area (Å²) in [5.41, 5.74) is 2.36. The highest BCUT2D eigenvalue weighted by atomic mass is 32.2. The van der Waals surface area contributed by atoms with Gasteiger partial charge < -0.3 is 14.8 Å². The molecule has 1 aromatic carbocycles. The molecule has 2 aromatic rings. The molecular weight excluding hydrogens is 400 g/mol. The van der Waals surface area contributed by atoms with Gasteiger partial charge in [-0.25, -0.2) is 4.68 Å². The van der Waals surface area contributed by atoms with Crippen molar-refractivity contribution in [3.63, 3.8) is 0 Å². The summed E-state index contributed by atoms with van der Waals surface area (Å²) in [5, 5.41) is 8.64. The molecule has 8 heteroatoms. The number of nitrogens with one attached hydrogen (secondary N) is 1. The molecule has 0 bridgehead atoms. The number of carbonyl (C=O) groups excluding carboxylic acids is 1. The van der Waals surface area contributed by atoms with E-state index in [0.717, 1.165) is 36.3 Å². The van der Waals surface area contributed by atoms with E-state index in [-0.39, 0.29) is 11.8 Å². The molecule has 0 saturated heterocycles. The number of unbranched alkanes of at least 4 members (excludes halogenated alkanes) is 1. The Bertz CT molecular complexity index is 938. The number of ketones is 1. The molecule has 0 aliphatic carbocycles. The lowest BCUT2D eigenvalue weighted by atomic mass is 9.93. The number of hydrogen-bond acceptors (Lipinski definition) is 7. The van der Waals surface area contributed by atoms with Crippen LogP contribution >= 0.6 is 11.8 Å². The molecule has 1 N–H and O–H groups in total. The van der Waals surface area contributed by atoms with Crippen LogP contribution in [0, 0.1) is 0 Å². The number of fused-ring (bicyclic) bond motifs is 1. The smallest absolute Gasteiger partial charge is 0.227 e. The lowest BCUT2D eigenvalue weighted by Crippen LogP contribution is -2.27. The number of anilines is 1. The van der Waals surface area contributed by atoms with E-state index in [1.54, 1.807) is 30.5 Å². The molecule has 30 heavy (non-hydrogen) atoms. The van der Waals surface area contributed by atoms with Gasteiger partial charge >= 0.3 is 0 Å². The number of nitrogens with zero attached hydrogens (tertiary/aromatic N) is 3. The second-order valence-electron chi connectivity index (χ2n) is 7.25. The van der Waals surface area contributed by atoms with Gasteiger partial charge in [0.25, 0.3) is 0 Å². The quantitative estimate of drug-likeness (QED) is 0.426. The molecule has 162 valence electrons. The minimum absolute atomic E-state index is 0.00356. The summed E-state index contributed by atoms with van der Waals surface area (Å²) >= 11 is 1.61. The first-order valence-corrected chi connectivity index (χ1v) is 11.4. The molecule has 2 heterocycles. The van der Waals surface area contributed by atoms with Gasteiger partial charge in [-0.3, -0.25) is 4.79 Å². The zero-order valence-corrected chi connectivity index (χ0v) is 19.1. The van der Waals surface area contributed by atoms with Crippen molar-refractivity contribution < 1.29 is 14.3 Å². The number of benzene rings is 1. The minimum atomic E-state index is -0.374. The number of carbonyl (C=O) groups is 1. The Morgan fingerprint density at radius 3 is 2.73 bits per heavy atom. The Kier molecular flexibility index (Phi) is 7.42.